The lowest BCUT2D eigenvalue weighted by molar-refractivity contribution is -0.117. The SMILES string of the molecule is C=C/N=C\C(=C/N)C(=O)NCCCN1CCc2ccccc2C1. The van der Waals surface area contributed by atoms with E-state index in [1.165, 1.54) is 29.7 Å². The van der Waals surface area contributed by atoms with Crippen LogP contribution in [0.4, 0.5) is 0 Å². The van der Waals surface area contributed by atoms with Crippen molar-refractivity contribution in [2.24, 2.45) is 10.7 Å². The van der Waals surface area contributed by atoms with Crippen LogP contribution in [-0.4, -0.2) is 36.7 Å². The predicted octanol–water partition coefficient (Wildman–Crippen LogP) is 1.61. The molecule has 0 saturated heterocycles. The van der Waals surface area contributed by atoms with Crippen molar-refractivity contribution in [1.29, 1.82) is 0 Å². The smallest absolute Gasteiger partial charge is 0.254 e. The Morgan fingerprint density at radius 3 is 2.91 bits per heavy atom. The average molecular weight is 312 g/mol. The first-order valence-corrected chi connectivity index (χ1v) is 7.88. The van der Waals surface area contributed by atoms with Gasteiger partial charge in [0, 0.05) is 44.8 Å². The first-order valence-electron chi connectivity index (χ1n) is 7.88. The number of hydrogen-bond donors (Lipinski definition) is 2. The molecular formula is C18H24N4O. The Labute approximate surface area is 137 Å². The second-order valence-electron chi connectivity index (χ2n) is 5.49. The zero-order valence-corrected chi connectivity index (χ0v) is 13.4. The van der Waals surface area contributed by atoms with Gasteiger partial charge in [0.1, 0.15) is 0 Å². The molecule has 0 saturated carbocycles. The van der Waals surface area contributed by atoms with Crippen LogP contribution in [-0.2, 0) is 17.8 Å². The second kappa shape index (κ2) is 8.90. The number of benzene rings is 1. The second-order valence-corrected chi connectivity index (χ2v) is 5.49. The Morgan fingerprint density at radius 1 is 1.39 bits per heavy atom. The third-order valence-corrected chi connectivity index (χ3v) is 3.91. The molecule has 1 amide bonds. The molecule has 0 unspecified atom stereocenters. The highest BCUT2D eigenvalue weighted by Crippen LogP contribution is 2.18. The van der Waals surface area contributed by atoms with Crippen molar-refractivity contribution >= 4 is 12.1 Å². The maximum atomic E-state index is 11.9. The Morgan fingerprint density at radius 2 is 2.17 bits per heavy atom. The quantitative estimate of drug-likeness (QED) is 0.456. The maximum absolute atomic E-state index is 11.9. The van der Waals surface area contributed by atoms with Gasteiger partial charge in [0.15, 0.2) is 0 Å². The highest BCUT2D eigenvalue weighted by molar-refractivity contribution is 6.12. The summed E-state index contributed by atoms with van der Waals surface area (Å²) in [5.74, 6) is -0.206. The van der Waals surface area contributed by atoms with Crippen molar-refractivity contribution in [2.45, 2.75) is 19.4 Å². The molecule has 0 atom stereocenters. The highest BCUT2D eigenvalue weighted by Gasteiger charge is 2.15. The van der Waals surface area contributed by atoms with Gasteiger partial charge in [-0.15, -0.1) is 0 Å². The van der Waals surface area contributed by atoms with Crippen molar-refractivity contribution in [3.63, 3.8) is 0 Å². The van der Waals surface area contributed by atoms with E-state index < -0.39 is 0 Å². The molecule has 1 heterocycles. The molecule has 5 heteroatoms. The summed E-state index contributed by atoms with van der Waals surface area (Å²) in [7, 11) is 0. The summed E-state index contributed by atoms with van der Waals surface area (Å²) in [5.41, 5.74) is 8.64. The molecular weight excluding hydrogens is 288 g/mol. The third kappa shape index (κ3) is 5.07. The highest BCUT2D eigenvalue weighted by atomic mass is 16.1. The predicted molar refractivity (Wildman–Crippen MR) is 94.0 cm³/mol. The van der Waals surface area contributed by atoms with E-state index in [9.17, 15) is 4.79 Å². The van der Waals surface area contributed by atoms with E-state index in [0.29, 0.717) is 12.1 Å². The van der Waals surface area contributed by atoms with Gasteiger partial charge in [-0.3, -0.25) is 14.7 Å². The number of amides is 1. The minimum absolute atomic E-state index is 0.206. The molecule has 3 N–H and O–H groups in total. The van der Waals surface area contributed by atoms with Crippen LogP contribution in [0, 0.1) is 0 Å². The summed E-state index contributed by atoms with van der Waals surface area (Å²) in [6.07, 6.45) is 6.03. The lowest BCUT2D eigenvalue weighted by Crippen LogP contribution is -2.34. The summed E-state index contributed by atoms with van der Waals surface area (Å²) >= 11 is 0. The van der Waals surface area contributed by atoms with Crippen molar-refractivity contribution in [3.8, 4) is 0 Å². The third-order valence-electron chi connectivity index (χ3n) is 3.91. The molecule has 0 aliphatic carbocycles. The Balaban J connectivity index is 1.71. The molecule has 23 heavy (non-hydrogen) atoms. The van der Waals surface area contributed by atoms with Gasteiger partial charge in [0.25, 0.3) is 5.91 Å². The fraction of sp³-hybridized carbons (Fsp3) is 0.333. The molecule has 5 nitrogen and oxygen atoms in total. The monoisotopic (exact) mass is 312 g/mol. The number of carbonyl (C=O) groups is 1. The van der Waals surface area contributed by atoms with E-state index in [1.807, 2.05) is 0 Å². The summed E-state index contributed by atoms with van der Waals surface area (Å²) in [4.78, 5) is 18.1. The van der Waals surface area contributed by atoms with Gasteiger partial charge in [-0.1, -0.05) is 30.8 Å². The summed E-state index contributed by atoms with van der Waals surface area (Å²) in [6, 6.07) is 8.59. The van der Waals surface area contributed by atoms with Gasteiger partial charge in [-0.05, 0) is 24.0 Å². The fourth-order valence-corrected chi connectivity index (χ4v) is 2.66. The molecule has 2 rings (SSSR count). The fourth-order valence-electron chi connectivity index (χ4n) is 2.66. The normalized spacial score (nSPS) is 15.4. The largest absolute Gasteiger partial charge is 0.404 e. The molecule has 0 radical (unpaired) electrons. The van der Waals surface area contributed by atoms with Crippen LogP contribution in [0.1, 0.15) is 17.5 Å². The molecule has 0 spiro atoms. The average Bonchev–Trinajstić information content (AvgIpc) is 2.59. The van der Waals surface area contributed by atoms with E-state index in [4.69, 9.17) is 5.73 Å². The maximum Gasteiger partial charge on any atom is 0.254 e. The minimum Gasteiger partial charge on any atom is -0.404 e. The van der Waals surface area contributed by atoms with Crippen LogP contribution >= 0.6 is 0 Å². The topological polar surface area (TPSA) is 70.7 Å². The van der Waals surface area contributed by atoms with Crippen LogP contribution in [0.2, 0.25) is 0 Å². The standard InChI is InChI=1S/C18H24N4O/c1-2-20-13-17(12-19)18(23)21-9-5-10-22-11-8-15-6-3-4-7-16(15)14-22/h2-4,6-7,12-13H,1,5,8-11,14,19H2,(H,21,23)/b17-12+,20-13-. The first-order chi connectivity index (χ1) is 11.2. The molecule has 122 valence electrons. The van der Waals surface area contributed by atoms with Gasteiger partial charge in [0.2, 0.25) is 0 Å². The first kappa shape index (κ1) is 17.0. The molecule has 1 aromatic carbocycles. The zero-order chi connectivity index (χ0) is 16.5. The van der Waals surface area contributed by atoms with Crippen molar-refractivity contribution in [1.82, 2.24) is 10.2 Å². The Kier molecular flexibility index (Phi) is 6.56. The van der Waals surface area contributed by atoms with Gasteiger partial charge in [0.05, 0.1) is 5.57 Å². The number of carbonyl (C=O) groups excluding carboxylic acids is 1. The number of rotatable bonds is 7. The van der Waals surface area contributed by atoms with Crippen LogP contribution < -0.4 is 11.1 Å². The van der Waals surface area contributed by atoms with E-state index in [0.717, 1.165) is 32.5 Å². The van der Waals surface area contributed by atoms with Gasteiger partial charge >= 0.3 is 0 Å². The molecule has 0 bridgehead atoms. The molecule has 1 aliphatic heterocycles. The summed E-state index contributed by atoms with van der Waals surface area (Å²) in [5, 5.41) is 2.86. The van der Waals surface area contributed by atoms with Crippen molar-refractivity contribution < 1.29 is 4.79 Å². The molecule has 0 fully saturated rings. The lowest BCUT2D eigenvalue weighted by Gasteiger charge is -2.28. The zero-order valence-electron chi connectivity index (χ0n) is 13.4. The molecule has 1 aliphatic rings. The van der Waals surface area contributed by atoms with Crippen molar-refractivity contribution in [3.05, 3.63) is 59.9 Å². The van der Waals surface area contributed by atoms with Gasteiger partial charge in [-0.25, -0.2) is 0 Å². The lowest BCUT2D eigenvalue weighted by atomic mass is 10.00. The minimum atomic E-state index is -0.206. The number of nitrogens with two attached hydrogens (primary N) is 1. The number of aliphatic imine (C=N–C) groups is 1. The molecule has 1 aromatic rings. The van der Waals surface area contributed by atoms with Crippen LogP contribution in [0.3, 0.4) is 0 Å². The van der Waals surface area contributed by atoms with Crippen LogP contribution in [0.25, 0.3) is 0 Å². The van der Waals surface area contributed by atoms with Crippen LogP contribution in [0.15, 0.2) is 53.8 Å². The van der Waals surface area contributed by atoms with E-state index in [2.05, 4.69) is 46.1 Å². The van der Waals surface area contributed by atoms with Gasteiger partial charge in [-0.2, -0.15) is 0 Å². The number of nitrogens with one attached hydrogen (secondary N) is 1. The summed E-state index contributed by atoms with van der Waals surface area (Å²) in [6.45, 7) is 7.12. The van der Waals surface area contributed by atoms with E-state index in [-0.39, 0.29) is 5.91 Å². The van der Waals surface area contributed by atoms with Crippen molar-refractivity contribution in [2.75, 3.05) is 19.6 Å². The number of fused-ring (bicyclic) bond motifs is 1. The van der Waals surface area contributed by atoms with Gasteiger partial charge < -0.3 is 11.1 Å². The van der Waals surface area contributed by atoms with E-state index >= 15 is 0 Å². The van der Waals surface area contributed by atoms with Crippen LogP contribution in [0.5, 0.6) is 0 Å². The summed E-state index contributed by atoms with van der Waals surface area (Å²) < 4.78 is 0. The Bertz CT molecular complexity index is 607. The van der Waals surface area contributed by atoms with E-state index in [1.54, 1.807) is 0 Å². The number of nitrogens with zero attached hydrogens (tertiary/aromatic N) is 2. The Hall–Kier alpha value is -2.40. The number of hydrogen-bond acceptors (Lipinski definition) is 4. The molecule has 0 aromatic heterocycles.